The smallest absolute Gasteiger partial charge is 0.229 e. The third-order valence-corrected chi connectivity index (χ3v) is 6.17. The molecule has 0 unspecified atom stereocenters. The van der Waals surface area contributed by atoms with Crippen LogP contribution in [0, 0.1) is 0 Å². The zero-order valence-electron chi connectivity index (χ0n) is 18.3. The molecule has 2 aliphatic rings. The number of piperidine rings is 1. The lowest BCUT2D eigenvalue weighted by atomic mass is 9.90. The first kappa shape index (κ1) is 20.7. The van der Waals surface area contributed by atoms with E-state index in [1.54, 1.807) is 12.4 Å². The van der Waals surface area contributed by atoms with Crippen molar-refractivity contribution in [3.05, 3.63) is 43.1 Å². The van der Waals surface area contributed by atoms with E-state index in [1.807, 2.05) is 6.07 Å². The normalized spacial score (nSPS) is 18.6. The molecule has 0 aliphatic carbocycles. The fourth-order valence-electron chi connectivity index (χ4n) is 4.21. The van der Waals surface area contributed by atoms with E-state index >= 15 is 0 Å². The van der Waals surface area contributed by atoms with Crippen LogP contribution in [0.5, 0.6) is 0 Å². The monoisotopic (exact) mass is 435 g/mol. The van der Waals surface area contributed by atoms with Gasteiger partial charge in [-0.15, -0.1) is 0 Å². The first-order valence-corrected chi connectivity index (χ1v) is 11.1. The zero-order valence-corrected chi connectivity index (χ0v) is 18.3. The molecule has 2 fully saturated rings. The minimum atomic E-state index is -0.0917. The molecule has 3 N–H and O–H groups in total. The van der Waals surface area contributed by atoms with E-state index in [4.69, 9.17) is 19.9 Å². The van der Waals surface area contributed by atoms with Crippen LogP contribution in [-0.4, -0.2) is 59.9 Å². The van der Waals surface area contributed by atoms with Crippen molar-refractivity contribution in [1.82, 2.24) is 15.0 Å². The topological polar surface area (TPSA) is 106 Å². The molecule has 3 aromatic rings. The zero-order chi connectivity index (χ0) is 22.0. The maximum Gasteiger partial charge on any atom is 0.229 e. The summed E-state index contributed by atoms with van der Waals surface area (Å²) in [6.45, 7) is 6.85. The number of benzene rings is 1. The maximum absolute atomic E-state index is 6.33. The number of aromatic nitrogens is 3. The second kappa shape index (κ2) is 8.76. The van der Waals surface area contributed by atoms with E-state index in [-0.39, 0.29) is 5.54 Å². The first-order chi connectivity index (χ1) is 15.6. The minimum absolute atomic E-state index is 0.0917. The minimum Gasteiger partial charge on any atom is -0.443 e. The number of ether oxygens (including phenoxy) is 1. The molecule has 32 heavy (non-hydrogen) atoms. The van der Waals surface area contributed by atoms with E-state index in [0.717, 1.165) is 61.8 Å². The Kier molecular flexibility index (Phi) is 5.67. The molecular formula is C23H29N7O2. The highest BCUT2D eigenvalue weighted by atomic mass is 16.5. The Bertz CT molecular complexity index is 1040. The average molecular weight is 436 g/mol. The Morgan fingerprint density at radius 3 is 2.56 bits per heavy atom. The van der Waals surface area contributed by atoms with Crippen molar-refractivity contribution < 1.29 is 9.15 Å². The van der Waals surface area contributed by atoms with Gasteiger partial charge < -0.3 is 30.0 Å². The van der Waals surface area contributed by atoms with E-state index in [2.05, 4.69) is 50.2 Å². The highest BCUT2D eigenvalue weighted by Gasteiger charge is 2.27. The Hall–Kier alpha value is -3.17. The van der Waals surface area contributed by atoms with Crippen molar-refractivity contribution in [2.45, 2.75) is 25.3 Å². The number of morpholine rings is 1. The van der Waals surface area contributed by atoms with Crippen molar-refractivity contribution in [1.29, 1.82) is 0 Å². The Balaban J connectivity index is 1.44. The summed E-state index contributed by atoms with van der Waals surface area (Å²) in [6, 6.07) is 8.28. The van der Waals surface area contributed by atoms with Gasteiger partial charge in [0.25, 0.3) is 0 Å². The average Bonchev–Trinajstić information content (AvgIpc) is 3.35. The van der Waals surface area contributed by atoms with Gasteiger partial charge in [-0.1, -0.05) is 12.1 Å². The van der Waals surface area contributed by atoms with Gasteiger partial charge in [0, 0.05) is 37.9 Å². The van der Waals surface area contributed by atoms with Crippen LogP contribution in [0.4, 0.5) is 23.1 Å². The van der Waals surface area contributed by atoms with Crippen molar-refractivity contribution in [3.8, 4) is 11.3 Å². The second-order valence-electron chi connectivity index (χ2n) is 8.68. The largest absolute Gasteiger partial charge is 0.443 e. The molecule has 168 valence electrons. The van der Waals surface area contributed by atoms with Crippen molar-refractivity contribution in [3.63, 3.8) is 0 Å². The van der Waals surface area contributed by atoms with E-state index in [0.29, 0.717) is 24.9 Å². The van der Waals surface area contributed by atoms with Gasteiger partial charge in [0.1, 0.15) is 5.82 Å². The van der Waals surface area contributed by atoms with E-state index < -0.39 is 0 Å². The number of nitrogens with zero attached hydrogens (tertiary/aromatic N) is 5. The van der Waals surface area contributed by atoms with Crippen molar-refractivity contribution in [2.24, 2.45) is 5.73 Å². The molecule has 5 rings (SSSR count). The van der Waals surface area contributed by atoms with Crippen LogP contribution < -0.4 is 20.9 Å². The third-order valence-electron chi connectivity index (χ3n) is 6.17. The summed E-state index contributed by atoms with van der Waals surface area (Å²) in [4.78, 5) is 18.1. The number of hydrogen-bond acceptors (Lipinski definition) is 9. The van der Waals surface area contributed by atoms with Crippen LogP contribution in [0.15, 0.2) is 47.5 Å². The van der Waals surface area contributed by atoms with Crippen LogP contribution >= 0.6 is 0 Å². The summed E-state index contributed by atoms with van der Waals surface area (Å²) < 4.78 is 11.1. The fourth-order valence-corrected chi connectivity index (χ4v) is 4.21. The number of hydrogen-bond donors (Lipinski definition) is 2. The molecular weight excluding hydrogens is 406 g/mol. The predicted molar refractivity (Wildman–Crippen MR) is 124 cm³/mol. The number of oxazole rings is 1. The standard InChI is InChI=1S/C23H29N7O2/c1-23(24)6-8-29(9-7-23)19-5-3-2-4-18(19)27-22-26-14-17(20-15-25-16-32-20)21(28-22)30-10-12-31-13-11-30/h2-5,14-16H,6-13,24H2,1H3,(H,26,27,28). The molecule has 9 nitrogen and oxygen atoms in total. The molecule has 0 spiro atoms. The van der Waals surface area contributed by atoms with Gasteiger partial charge in [0.05, 0.1) is 36.3 Å². The Morgan fingerprint density at radius 1 is 1.03 bits per heavy atom. The van der Waals surface area contributed by atoms with Gasteiger partial charge in [0.2, 0.25) is 5.95 Å². The molecule has 4 heterocycles. The quantitative estimate of drug-likeness (QED) is 0.625. The van der Waals surface area contributed by atoms with Gasteiger partial charge in [-0.05, 0) is 31.9 Å². The number of rotatable bonds is 5. The van der Waals surface area contributed by atoms with Crippen LogP contribution in [0.2, 0.25) is 0 Å². The summed E-state index contributed by atoms with van der Waals surface area (Å²) >= 11 is 0. The highest BCUT2D eigenvalue weighted by molar-refractivity contribution is 5.76. The lowest BCUT2D eigenvalue weighted by Gasteiger charge is -2.38. The van der Waals surface area contributed by atoms with Crippen LogP contribution in [-0.2, 0) is 4.74 Å². The molecule has 2 saturated heterocycles. The molecule has 9 heteroatoms. The van der Waals surface area contributed by atoms with Gasteiger partial charge in [-0.3, -0.25) is 0 Å². The molecule has 2 aliphatic heterocycles. The molecule has 0 bridgehead atoms. The maximum atomic E-state index is 6.33. The third kappa shape index (κ3) is 4.39. The van der Waals surface area contributed by atoms with Crippen LogP contribution in [0.1, 0.15) is 19.8 Å². The molecule has 0 atom stereocenters. The molecule has 1 aromatic carbocycles. The number of anilines is 4. The van der Waals surface area contributed by atoms with Gasteiger partial charge >= 0.3 is 0 Å². The van der Waals surface area contributed by atoms with E-state index in [9.17, 15) is 0 Å². The summed E-state index contributed by atoms with van der Waals surface area (Å²) in [7, 11) is 0. The molecule has 0 saturated carbocycles. The van der Waals surface area contributed by atoms with Gasteiger partial charge in [-0.2, -0.15) is 4.98 Å². The van der Waals surface area contributed by atoms with Gasteiger partial charge in [0.15, 0.2) is 12.2 Å². The van der Waals surface area contributed by atoms with Gasteiger partial charge in [-0.25, -0.2) is 9.97 Å². The number of nitrogens with one attached hydrogen (secondary N) is 1. The van der Waals surface area contributed by atoms with Crippen molar-refractivity contribution in [2.75, 3.05) is 54.5 Å². The fraction of sp³-hybridized carbons (Fsp3) is 0.435. The number of para-hydroxylation sites is 2. The number of nitrogens with two attached hydrogens (primary N) is 1. The van der Waals surface area contributed by atoms with Crippen molar-refractivity contribution >= 4 is 23.1 Å². The van der Waals surface area contributed by atoms with E-state index in [1.165, 1.54) is 6.39 Å². The summed E-state index contributed by atoms with van der Waals surface area (Å²) in [5, 5.41) is 3.44. The Labute approximate surface area is 187 Å². The highest BCUT2D eigenvalue weighted by Crippen LogP contribution is 2.34. The summed E-state index contributed by atoms with van der Waals surface area (Å²) in [6.07, 6.45) is 6.83. The summed E-state index contributed by atoms with van der Waals surface area (Å²) in [5.74, 6) is 2.01. The van der Waals surface area contributed by atoms with Crippen LogP contribution in [0.3, 0.4) is 0 Å². The summed E-state index contributed by atoms with van der Waals surface area (Å²) in [5.41, 5.74) is 9.18. The Morgan fingerprint density at radius 2 is 1.81 bits per heavy atom. The second-order valence-corrected chi connectivity index (χ2v) is 8.68. The molecule has 0 radical (unpaired) electrons. The SMILES string of the molecule is CC1(N)CCN(c2ccccc2Nc2ncc(-c3cnco3)c(N3CCOCC3)n2)CC1. The lowest BCUT2D eigenvalue weighted by Crippen LogP contribution is -2.48. The first-order valence-electron chi connectivity index (χ1n) is 11.1. The molecule has 0 amide bonds. The molecule has 2 aromatic heterocycles. The van der Waals surface area contributed by atoms with Crippen LogP contribution in [0.25, 0.3) is 11.3 Å². The lowest BCUT2D eigenvalue weighted by molar-refractivity contribution is 0.122. The predicted octanol–water partition coefficient (Wildman–Crippen LogP) is 3.03.